The largest absolute Gasteiger partial charge is 0.356 e. The summed E-state index contributed by atoms with van der Waals surface area (Å²) in [5.74, 6) is 0.208. The van der Waals surface area contributed by atoms with Crippen molar-refractivity contribution in [3.8, 4) is 0 Å². The van der Waals surface area contributed by atoms with Gasteiger partial charge in [0.1, 0.15) is 5.82 Å². The lowest BCUT2D eigenvalue weighted by atomic mass is 10.2. The summed E-state index contributed by atoms with van der Waals surface area (Å²) in [7, 11) is -1.38. The number of halogens is 2. The van der Waals surface area contributed by atoms with Crippen LogP contribution in [-0.2, 0) is 21.2 Å². The standard InChI is InChI=1S/C16H23FN4O3S.HI/c1-18-16(20-10-12-2-4-13(17)5-3-12)19-8-6-15(22)21-14-7-9-25(23,24)11-14;/h2-5,14H,6-11H2,1H3,(H,21,22)(H2,18,19,20);1H. The lowest BCUT2D eigenvalue weighted by molar-refractivity contribution is -0.121. The number of hydrogen-bond donors (Lipinski definition) is 3. The van der Waals surface area contributed by atoms with Crippen LogP contribution in [0.5, 0.6) is 0 Å². The molecule has 1 atom stereocenters. The molecule has 1 aromatic carbocycles. The maximum Gasteiger partial charge on any atom is 0.222 e. The summed E-state index contributed by atoms with van der Waals surface area (Å²) in [6.45, 7) is 0.848. The zero-order valence-electron chi connectivity index (χ0n) is 14.5. The highest BCUT2D eigenvalue weighted by atomic mass is 127. The number of benzene rings is 1. The highest BCUT2D eigenvalue weighted by Gasteiger charge is 2.28. The molecule has 7 nitrogen and oxygen atoms in total. The Morgan fingerprint density at radius 1 is 1.27 bits per heavy atom. The third-order valence-electron chi connectivity index (χ3n) is 3.84. The number of amides is 1. The van der Waals surface area contributed by atoms with Crippen LogP contribution in [-0.4, -0.2) is 51.4 Å². The molecule has 2 rings (SSSR count). The second-order valence-electron chi connectivity index (χ2n) is 5.90. The first kappa shape index (κ1) is 22.6. The molecule has 1 saturated heterocycles. The minimum absolute atomic E-state index is 0. The van der Waals surface area contributed by atoms with Crippen molar-refractivity contribution in [2.75, 3.05) is 25.1 Å². The summed E-state index contributed by atoms with van der Waals surface area (Å²) in [6.07, 6.45) is 0.691. The monoisotopic (exact) mass is 498 g/mol. The molecule has 1 unspecified atom stereocenters. The van der Waals surface area contributed by atoms with Crippen LogP contribution in [0.3, 0.4) is 0 Å². The van der Waals surface area contributed by atoms with Gasteiger partial charge in [0.2, 0.25) is 5.91 Å². The van der Waals surface area contributed by atoms with E-state index in [0.29, 0.717) is 25.5 Å². The van der Waals surface area contributed by atoms with Gasteiger partial charge in [-0.1, -0.05) is 12.1 Å². The summed E-state index contributed by atoms with van der Waals surface area (Å²) in [5.41, 5.74) is 0.907. The smallest absolute Gasteiger partial charge is 0.222 e. The SMILES string of the molecule is CN=C(NCCC(=O)NC1CCS(=O)(=O)C1)NCc1ccc(F)cc1.I. The maximum atomic E-state index is 12.9. The van der Waals surface area contributed by atoms with Crippen LogP contribution in [0.25, 0.3) is 0 Å². The quantitative estimate of drug-likeness (QED) is 0.306. The van der Waals surface area contributed by atoms with Gasteiger partial charge in [-0.05, 0) is 24.1 Å². The Morgan fingerprint density at radius 3 is 2.54 bits per heavy atom. The molecule has 146 valence electrons. The molecule has 1 aliphatic rings. The van der Waals surface area contributed by atoms with Gasteiger partial charge in [0.15, 0.2) is 15.8 Å². The summed E-state index contributed by atoms with van der Waals surface area (Å²) in [6, 6.07) is 5.85. The van der Waals surface area contributed by atoms with Crippen molar-refractivity contribution in [2.45, 2.75) is 25.4 Å². The molecular formula is C16H24FIN4O3S. The van der Waals surface area contributed by atoms with E-state index in [2.05, 4.69) is 20.9 Å². The second kappa shape index (κ2) is 10.7. The number of rotatable bonds is 6. The molecule has 0 saturated carbocycles. The van der Waals surface area contributed by atoms with Gasteiger partial charge in [0.05, 0.1) is 11.5 Å². The van der Waals surface area contributed by atoms with Crippen LogP contribution in [0.1, 0.15) is 18.4 Å². The van der Waals surface area contributed by atoms with E-state index < -0.39 is 9.84 Å². The summed E-state index contributed by atoms with van der Waals surface area (Å²) >= 11 is 0. The number of sulfone groups is 1. The van der Waals surface area contributed by atoms with Crippen molar-refractivity contribution in [3.63, 3.8) is 0 Å². The Labute approximate surface area is 170 Å². The maximum absolute atomic E-state index is 12.9. The summed E-state index contributed by atoms with van der Waals surface area (Å²) in [5, 5.41) is 8.81. The average molecular weight is 498 g/mol. The van der Waals surface area contributed by atoms with Crippen LogP contribution >= 0.6 is 24.0 Å². The Hall–Kier alpha value is -1.43. The van der Waals surface area contributed by atoms with Gasteiger partial charge >= 0.3 is 0 Å². The minimum atomic E-state index is -3.00. The van der Waals surface area contributed by atoms with Crippen molar-refractivity contribution in [1.82, 2.24) is 16.0 Å². The second-order valence-corrected chi connectivity index (χ2v) is 8.13. The van der Waals surface area contributed by atoms with Gasteiger partial charge in [-0.3, -0.25) is 9.79 Å². The van der Waals surface area contributed by atoms with Crippen molar-refractivity contribution >= 4 is 45.7 Å². The van der Waals surface area contributed by atoms with Gasteiger partial charge in [0, 0.05) is 32.6 Å². The van der Waals surface area contributed by atoms with Crippen LogP contribution in [0.2, 0.25) is 0 Å². The number of nitrogens with zero attached hydrogens (tertiary/aromatic N) is 1. The zero-order chi connectivity index (χ0) is 18.3. The highest BCUT2D eigenvalue weighted by Crippen LogP contribution is 2.11. The fraction of sp³-hybridized carbons (Fsp3) is 0.500. The molecule has 1 fully saturated rings. The third kappa shape index (κ3) is 7.85. The van der Waals surface area contributed by atoms with Crippen LogP contribution in [0, 0.1) is 5.82 Å². The predicted molar refractivity (Wildman–Crippen MR) is 110 cm³/mol. The molecule has 0 aliphatic carbocycles. The molecular weight excluding hydrogens is 474 g/mol. The number of carbonyl (C=O) groups is 1. The van der Waals surface area contributed by atoms with Crippen molar-refractivity contribution in [2.24, 2.45) is 4.99 Å². The first-order chi connectivity index (χ1) is 11.9. The topological polar surface area (TPSA) is 99.7 Å². The van der Waals surface area contributed by atoms with Gasteiger partial charge in [-0.25, -0.2) is 12.8 Å². The van der Waals surface area contributed by atoms with Gasteiger partial charge in [-0.15, -0.1) is 24.0 Å². The Kier molecular flexibility index (Phi) is 9.27. The number of aliphatic imine (C=N–C) groups is 1. The van der Waals surface area contributed by atoms with E-state index in [0.717, 1.165) is 5.56 Å². The first-order valence-electron chi connectivity index (χ1n) is 8.07. The molecule has 10 heteroatoms. The van der Waals surface area contributed by atoms with E-state index in [-0.39, 0.29) is 59.7 Å². The minimum Gasteiger partial charge on any atom is -0.356 e. The lowest BCUT2D eigenvalue weighted by Gasteiger charge is -2.13. The van der Waals surface area contributed by atoms with Crippen LogP contribution in [0.4, 0.5) is 4.39 Å². The van der Waals surface area contributed by atoms with Crippen molar-refractivity contribution in [3.05, 3.63) is 35.6 Å². The molecule has 1 aromatic rings. The van der Waals surface area contributed by atoms with Gasteiger partial charge in [-0.2, -0.15) is 0 Å². The molecule has 0 bridgehead atoms. The molecule has 26 heavy (non-hydrogen) atoms. The lowest BCUT2D eigenvalue weighted by Crippen LogP contribution is -2.40. The Balaban J connectivity index is 0.00000338. The average Bonchev–Trinajstić information content (AvgIpc) is 2.90. The number of hydrogen-bond acceptors (Lipinski definition) is 4. The summed E-state index contributed by atoms with van der Waals surface area (Å²) < 4.78 is 35.6. The van der Waals surface area contributed by atoms with E-state index in [1.165, 1.54) is 12.1 Å². The molecule has 1 aliphatic heterocycles. The first-order valence-corrected chi connectivity index (χ1v) is 9.89. The van der Waals surface area contributed by atoms with E-state index in [4.69, 9.17) is 0 Å². The predicted octanol–water partition coefficient (Wildman–Crippen LogP) is 0.802. The normalized spacial score (nSPS) is 18.7. The molecule has 0 spiro atoms. The fourth-order valence-corrected chi connectivity index (χ4v) is 4.19. The third-order valence-corrected chi connectivity index (χ3v) is 5.61. The van der Waals surface area contributed by atoms with Crippen molar-refractivity contribution in [1.29, 1.82) is 0 Å². The number of guanidine groups is 1. The fourth-order valence-electron chi connectivity index (χ4n) is 2.51. The highest BCUT2D eigenvalue weighted by molar-refractivity contribution is 14.0. The summed E-state index contributed by atoms with van der Waals surface area (Å²) in [4.78, 5) is 15.9. The molecule has 1 amide bonds. The number of nitrogens with one attached hydrogen (secondary N) is 3. The van der Waals surface area contributed by atoms with Crippen LogP contribution in [0.15, 0.2) is 29.3 Å². The van der Waals surface area contributed by atoms with E-state index in [1.54, 1.807) is 19.2 Å². The molecule has 3 N–H and O–H groups in total. The van der Waals surface area contributed by atoms with Gasteiger partial charge in [0.25, 0.3) is 0 Å². The van der Waals surface area contributed by atoms with E-state index in [1.807, 2.05) is 0 Å². The Morgan fingerprint density at radius 2 is 1.96 bits per heavy atom. The van der Waals surface area contributed by atoms with Crippen molar-refractivity contribution < 1.29 is 17.6 Å². The van der Waals surface area contributed by atoms with Gasteiger partial charge < -0.3 is 16.0 Å². The molecule has 0 aromatic heterocycles. The number of carbonyl (C=O) groups excluding carboxylic acids is 1. The molecule has 1 heterocycles. The molecule has 0 radical (unpaired) electrons. The van der Waals surface area contributed by atoms with Crippen LogP contribution < -0.4 is 16.0 Å². The zero-order valence-corrected chi connectivity index (χ0v) is 17.6. The Bertz CT molecular complexity index is 726. The van der Waals surface area contributed by atoms with E-state index >= 15 is 0 Å². The van der Waals surface area contributed by atoms with E-state index in [9.17, 15) is 17.6 Å².